The van der Waals surface area contributed by atoms with Gasteiger partial charge in [0.1, 0.15) is 5.75 Å². The van der Waals surface area contributed by atoms with Gasteiger partial charge < -0.3 is 9.84 Å². The maximum atomic E-state index is 11.1. The summed E-state index contributed by atoms with van der Waals surface area (Å²) in [5.41, 5.74) is 5.77. The third-order valence-electron chi connectivity index (χ3n) is 5.75. The van der Waals surface area contributed by atoms with Crippen LogP contribution < -0.4 is 4.74 Å². The Morgan fingerprint density at radius 1 is 1.00 bits per heavy atom. The third-order valence-corrected chi connectivity index (χ3v) is 5.75. The van der Waals surface area contributed by atoms with E-state index < -0.39 is 6.10 Å². The van der Waals surface area contributed by atoms with Crippen LogP contribution in [-0.4, -0.2) is 11.7 Å². The van der Waals surface area contributed by atoms with Crippen molar-refractivity contribution in [3.63, 3.8) is 0 Å². The average molecular weight is 314 g/mol. The highest BCUT2D eigenvalue weighted by molar-refractivity contribution is 5.52. The van der Waals surface area contributed by atoms with Crippen LogP contribution in [-0.2, 0) is 0 Å². The molecule has 1 unspecified atom stereocenters. The second-order valence-corrected chi connectivity index (χ2v) is 6.88. The van der Waals surface area contributed by atoms with Crippen molar-refractivity contribution in [1.82, 2.24) is 0 Å². The van der Waals surface area contributed by atoms with E-state index in [0.29, 0.717) is 0 Å². The van der Waals surface area contributed by atoms with Crippen LogP contribution in [0, 0.1) is 5.41 Å². The van der Waals surface area contributed by atoms with E-state index in [1.54, 1.807) is 0 Å². The number of aliphatic hydroxyl groups is 1. The molecule has 2 nitrogen and oxygen atoms in total. The fourth-order valence-electron chi connectivity index (χ4n) is 3.45. The number of aliphatic hydroxyl groups excluding tert-OH is 1. The van der Waals surface area contributed by atoms with E-state index in [0.717, 1.165) is 30.8 Å². The van der Waals surface area contributed by atoms with Crippen LogP contribution in [0.15, 0.2) is 46.6 Å². The molecule has 1 aromatic carbocycles. The highest BCUT2D eigenvalue weighted by atomic mass is 16.5. The summed E-state index contributed by atoms with van der Waals surface area (Å²) in [6.07, 6.45) is 1.65. The first-order chi connectivity index (χ1) is 10.8. The third kappa shape index (κ3) is 3.10. The molecule has 0 spiro atoms. The molecule has 0 heterocycles. The van der Waals surface area contributed by atoms with E-state index >= 15 is 0 Å². The van der Waals surface area contributed by atoms with Gasteiger partial charge in [0, 0.05) is 5.41 Å². The molecule has 1 aliphatic rings. The molecule has 0 saturated heterocycles. The highest BCUT2D eigenvalue weighted by Crippen LogP contribution is 2.53. The van der Waals surface area contributed by atoms with Gasteiger partial charge in [-0.05, 0) is 69.9 Å². The number of benzene rings is 1. The molecule has 1 aliphatic carbocycles. The molecule has 1 aromatic rings. The molecule has 126 valence electrons. The standard InChI is InChI=1S/C21H30O2/c1-7-8-13-23-19-11-9-18(10-12-19)20(22)21(6)16(4)14(2)15(3)17(21)5/h9-12,20,22H,7-8,13H2,1-6H3. The summed E-state index contributed by atoms with van der Waals surface area (Å²) in [5, 5.41) is 11.1. The average Bonchev–Trinajstić information content (AvgIpc) is 2.71. The predicted octanol–water partition coefficient (Wildman–Crippen LogP) is 5.59. The molecular weight excluding hydrogens is 284 g/mol. The lowest BCUT2D eigenvalue weighted by Gasteiger charge is -2.35. The molecule has 1 N–H and O–H groups in total. The summed E-state index contributed by atoms with van der Waals surface area (Å²) in [6, 6.07) is 7.90. The van der Waals surface area contributed by atoms with Gasteiger partial charge in [0.2, 0.25) is 0 Å². The van der Waals surface area contributed by atoms with E-state index in [1.807, 2.05) is 24.3 Å². The molecule has 0 radical (unpaired) electrons. The van der Waals surface area contributed by atoms with Crippen molar-refractivity contribution in [3.8, 4) is 5.75 Å². The minimum atomic E-state index is -0.542. The van der Waals surface area contributed by atoms with Crippen LogP contribution in [0.1, 0.15) is 66.1 Å². The molecule has 2 heteroatoms. The molecule has 0 bridgehead atoms. The second kappa shape index (κ2) is 6.92. The monoisotopic (exact) mass is 314 g/mol. The summed E-state index contributed by atoms with van der Waals surface area (Å²) in [5.74, 6) is 0.873. The van der Waals surface area contributed by atoms with E-state index in [2.05, 4.69) is 41.5 Å². The predicted molar refractivity (Wildman–Crippen MR) is 96.7 cm³/mol. The number of ether oxygens (including phenoxy) is 1. The Hall–Kier alpha value is -1.54. The first kappa shape index (κ1) is 17.8. The zero-order chi connectivity index (χ0) is 17.2. The molecular formula is C21H30O2. The summed E-state index contributed by atoms with van der Waals surface area (Å²) >= 11 is 0. The quantitative estimate of drug-likeness (QED) is 0.693. The van der Waals surface area contributed by atoms with Gasteiger partial charge in [-0.25, -0.2) is 0 Å². The van der Waals surface area contributed by atoms with Crippen molar-refractivity contribution in [2.75, 3.05) is 6.61 Å². The molecule has 0 aromatic heterocycles. The fourth-order valence-corrected chi connectivity index (χ4v) is 3.45. The SMILES string of the molecule is CCCCOc1ccc(C(O)C2(C)C(C)=C(C)C(C)=C2C)cc1. The van der Waals surface area contributed by atoms with Gasteiger partial charge in [-0.1, -0.05) is 36.6 Å². The summed E-state index contributed by atoms with van der Waals surface area (Å²) in [6.45, 7) is 13.6. The topological polar surface area (TPSA) is 29.5 Å². The van der Waals surface area contributed by atoms with Crippen molar-refractivity contribution in [2.24, 2.45) is 5.41 Å². The normalized spacial score (nSPS) is 18.6. The largest absolute Gasteiger partial charge is 0.494 e. The minimum Gasteiger partial charge on any atom is -0.494 e. The summed E-state index contributed by atoms with van der Waals surface area (Å²) in [4.78, 5) is 0. The van der Waals surface area contributed by atoms with Gasteiger partial charge in [0.15, 0.2) is 0 Å². The zero-order valence-electron chi connectivity index (χ0n) is 15.4. The van der Waals surface area contributed by atoms with Crippen LogP contribution >= 0.6 is 0 Å². The van der Waals surface area contributed by atoms with Gasteiger partial charge in [-0.3, -0.25) is 0 Å². The number of rotatable bonds is 6. The number of hydrogen-bond acceptors (Lipinski definition) is 2. The minimum absolute atomic E-state index is 0.321. The van der Waals surface area contributed by atoms with Gasteiger partial charge in [-0.2, -0.15) is 0 Å². The summed E-state index contributed by atoms with van der Waals surface area (Å²) < 4.78 is 5.71. The van der Waals surface area contributed by atoms with Crippen LogP contribution in [0.5, 0.6) is 5.75 Å². The van der Waals surface area contributed by atoms with Gasteiger partial charge in [0.05, 0.1) is 12.7 Å². The first-order valence-electron chi connectivity index (χ1n) is 8.61. The van der Waals surface area contributed by atoms with E-state index in [1.165, 1.54) is 22.3 Å². The van der Waals surface area contributed by atoms with Crippen LogP contribution in [0.4, 0.5) is 0 Å². The maximum Gasteiger partial charge on any atom is 0.119 e. The van der Waals surface area contributed by atoms with Gasteiger partial charge in [0.25, 0.3) is 0 Å². The van der Waals surface area contributed by atoms with Crippen molar-refractivity contribution < 1.29 is 9.84 Å². The Morgan fingerprint density at radius 3 is 2.00 bits per heavy atom. The lowest BCUT2D eigenvalue weighted by atomic mass is 9.72. The van der Waals surface area contributed by atoms with Crippen LogP contribution in [0.2, 0.25) is 0 Å². The number of unbranched alkanes of at least 4 members (excludes halogenated alkanes) is 1. The highest BCUT2D eigenvalue weighted by Gasteiger charge is 2.42. The number of allylic oxidation sites excluding steroid dienone is 2. The second-order valence-electron chi connectivity index (χ2n) is 6.88. The lowest BCUT2D eigenvalue weighted by molar-refractivity contribution is 0.0867. The van der Waals surface area contributed by atoms with Crippen LogP contribution in [0.3, 0.4) is 0 Å². The molecule has 2 rings (SSSR count). The maximum absolute atomic E-state index is 11.1. The Kier molecular flexibility index (Phi) is 5.36. The van der Waals surface area contributed by atoms with Gasteiger partial charge in [-0.15, -0.1) is 0 Å². The first-order valence-corrected chi connectivity index (χ1v) is 8.61. The smallest absolute Gasteiger partial charge is 0.119 e. The van der Waals surface area contributed by atoms with Crippen molar-refractivity contribution >= 4 is 0 Å². The van der Waals surface area contributed by atoms with Crippen molar-refractivity contribution in [3.05, 3.63) is 52.1 Å². The molecule has 0 saturated carbocycles. The Bertz CT molecular complexity index is 596. The van der Waals surface area contributed by atoms with Crippen molar-refractivity contribution in [1.29, 1.82) is 0 Å². The Balaban J connectivity index is 2.22. The fraction of sp³-hybridized carbons (Fsp3) is 0.524. The summed E-state index contributed by atoms with van der Waals surface area (Å²) in [7, 11) is 0. The molecule has 0 fully saturated rings. The Labute approximate surface area is 140 Å². The van der Waals surface area contributed by atoms with E-state index in [9.17, 15) is 5.11 Å². The molecule has 1 atom stereocenters. The van der Waals surface area contributed by atoms with Crippen molar-refractivity contribution in [2.45, 2.75) is 60.5 Å². The zero-order valence-corrected chi connectivity index (χ0v) is 15.4. The van der Waals surface area contributed by atoms with Gasteiger partial charge >= 0.3 is 0 Å². The molecule has 0 amide bonds. The lowest BCUT2D eigenvalue weighted by Crippen LogP contribution is -2.26. The van der Waals surface area contributed by atoms with E-state index in [-0.39, 0.29) is 5.41 Å². The van der Waals surface area contributed by atoms with E-state index in [4.69, 9.17) is 4.74 Å². The van der Waals surface area contributed by atoms with Crippen LogP contribution in [0.25, 0.3) is 0 Å². The molecule has 0 aliphatic heterocycles. The molecule has 23 heavy (non-hydrogen) atoms. The number of hydrogen-bond donors (Lipinski definition) is 1. The Morgan fingerprint density at radius 2 is 1.52 bits per heavy atom.